The average Bonchev–Trinajstić information content (AvgIpc) is 2.37. The van der Waals surface area contributed by atoms with Crippen LogP contribution in [-0.4, -0.2) is 17.1 Å². The summed E-state index contributed by atoms with van der Waals surface area (Å²) >= 11 is 0. The Hall–Kier alpha value is -2.30. The van der Waals surface area contributed by atoms with Crippen molar-refractivity contribution in [3.8, 4) is 0 Å². The second-order valence-corrected chi connectivity index (χ2v) is 4.41. The molecule has 2 aromatic carbocycles. The fraction of sp³-hybridized carbons (Fsp3) is 0.133. The molecule has 5 heteroatoms. The molecular weight excluding hydrogens is 269 g/mol. The molecule has 0 aliphatic carbocycles. The van der Waals surface area contributed by atoms with Crippen LogP contribution in [0.25, 0.3) is 16.5 Å². The van der Waals surface area contributed by atoms with Crippen LogP contribution in [0.1, 0.15) is 11.1 Å². The van der Waals surface area contributed by atoms with Gasteiger partial charge in [-0.15, -0.1) is 0 Å². The normalized spacial score (nSPS) is 12.7. The minimum absolute atomic E-state index is 0.179. The molecule has 0 spiro atoms. The summed E-state index contributed by atoms with van der Waals surface area (Å²) in [5, 5.41) is 11.4. The van der Waals surface area contributed by atoms with Crippen LogP contribution in [0.2, 0.25) is 0 Å². The lowest BCUT2D eigenvalue weighted by Crippen LogP contribution is -2.20. The van der Waals surface area contributed by atoms with Gasteiger partial charge in [0.05, 0.1) is 0 Å². The summed E-state index contributed by atoms with van der Waals surface area (Å²) in [5.74, 6) is -2.78. The van der Waals surface area contributed by atoms with E-state index in [4.69, 9.17) is 0 Å². The lowest BCUT2D eigenvalue weighted by molar-refractivity contribution is -0.165. The molecular formula is C15H11F3O2. The maximum Gasteiger partial charge on any atom is 0.454 e. The molecule has 0 unspecified atom stereocenters. The highest BCUT2D eigenvalue weighted by molar-refractivity contribution is 6.00. The van der Waals surface area contributed by atoms with Gasteiger partial charge in [0.1, 0.15) is 5.76 Å². The van der Waals surface area contributed by atoms with E-state index in [9.17, 15) is 23.1 Å². The highest BCUT2D eigenvalue weighted by Gasteiger charge is 2.37. The largest absolute Gasteiger partial charge is 0.507 e. The highest BCUT2D eigenvalue weighted by atomic mass is 19.4. The Morgan fingerprint density at radius 3 is 2.50 bits per heavy atom. The fourth-order valence-corrected chi connectivity index (χ4v) is 1.94. The SMILES string of the molecule is Cc1cc(C(O)=CC(=O)C(F)(F)F)cc2ccccc12. The first kappa shape index (κ1) is 14.1. The topological polar surface area (TPSA) is 37.3 Å². The van der Waals surface area contributed by atoms with Gasteiger partial charge in [0, 0.05) is 11.6 Å². The molecule has 20 heavy (non-hydrogen) atoms. The number of carbonyl (C=O) groups is 1. The summed E-state index contributed by atoms with van der Waals surface area (Å²) < 4.78 is 36.5. The molecule has 2 rings (SSSR count). The van der Waals surface area contributed by atoms with Gasteiger partial charge in [-0.1, -0.05) is 24.3 Å². The first-order valence-electron chi connectivity index (χ1n) is 5.80. The number of carbonyl (C=O) groups excluding carboxylic acids is 1. The third kappa shape index (κ3) is 2.82. The molecule has 2 nitrogen and oxygen atoms in total. The zero-order chi connectivity index (χ0) is 14.9. The molecule has 0 atom stereocenters. The molecule has 0 heterocycles. The molecule has 0 saturated heterocycles. The van der Waals surface area contributed by atoms with Crippen molar-refractivity contribution in [2.45, 2.75) is 13.1 Å². The van der Waals surface area contributed by atoms with Gasteiger partial charge in [0.15, 0.2) is 0 Å². The Morgan fingerprint density at radius 2 is 1.85 bits per heavy atom. The number of aliphatic hydroxyl groups is 1. The quantitative estimate of drug-likeness (QED) is 0.662. The number of alkyl halides is 3. The standard InChI is InChI=1S/C15H11F3O2/c1-9-6-11(7-10-4-2-3-5-12(9)10)13(19)8-14(20)15(16,17)18/h2-8,19H,1H3. The molecule has 0 bridgehead atoms. The summed E-state index contributed by atoms with van der Waals surface area (Å²) in [6.07, 6.45) is -4.79. The Kier molecular flexibility index (Phi) is 3.53. The summed E-state index contributed by atoms with van der Waals surface area (Å²) in [7, 11) is 0. The average molecular weight is 280 g/mol. The molecule has 0 fully saturated rings. The van der Waals surface area contributed by atoms with E-state index in [2.05, 4.69) is 0 Å². The van der Waals surface area contributed by atoms with E-state index in [1.807, 2.05) is 12.1 Å². The zero-order valence-electron chi connectivity index (χ0n) is 10.5. The number of ketones is 1. The lowest BCUT2D eigenvalue weighted by atomic mass is 10.0. The van der Waals surface area contributed by atoms with Crippen molar-refractivity contribution in [1.82, 2.24) is 0 Å². The molecule has 0 radical (unpaired) electrons. The van der Waals surface area contributed by atoms with Crippen LogP contribution in [0.4, 0.5) is 13.2 Å². The number of hydrogen-bond donors (Lipinski definition) is 1. The van der Waals surface area contributed by atoms with Crippen LogP contribution >= 0.6 is 0 Å². The fourth-order valence-electron chi connectivity index (χ4n) is 1.94. The lowest BCUT2D eigenvalue weighted by Gasteiger charge is -2.07. The molecule has 1 N–H and O–H groups in total. The number of halogens is 3. The number of allylic oxidation sites excluding steroid dienone is 1. The summed E-state index contributed by atoms with van der Waals surface area (Å²) in [4.78, 5) is 10.8. The van der Waals surface area contributed by atoms with Crippen molar-refractivity contribution in [2.24, 2.45) is 0 Å². The van der Waals surface area contributed by atoms with Gasteiger partial charge in [-0.25, -0.2) is 0 Å². The van der Waals surface area contributed by atoms with Crippen molar-refractivity contribution in [1.29, 1.82) is 0 Å². The molecule has 0 aliphatic heterocycles. The Bertz CT molecular complexity index is 700. The summed E-state index contributed by atoms with van der Waals surface area (Å²) in [6.45, 7) is 1.78. The number of aryl methyl sites for hydroxylation is 1. The maximum atomic E-state index is 12.2. The van der Waals surface area contributed by atoms with Gasteiger partial charge in [-0.3, -0.25) is 4.79 Å². The third-order valence-electron chi connectivity index (χ3n) is 2.91. The first-order chi connectivity index (χ1) is 9.29. The smallest absolute Gasteiger partial charge is 0.454 e. The number of fused-ring (bicyclic) bond motifs is 1. The van der Waals surface area contributed by atoms with Crippen molar-refractivity contribution >= 4 is 22.3 Å². The van der Waals surface area contributed by atoms with Crippen LogP contribution in [0.5, 0.6) is 0 Å². The van der Waals surface area contributed by atoms with E-state index in [1.165, 1.54) is 12.1 Å². The van der Waals surface area contributed by atoms with E-state index in [1.54, 1.807) is 19.1 Å². The predicted octanol–water partition coefficient (Wildman–Crippen LogP) is 4.18. The molecule has 2 aromatic rings. The monoisotopic (exact) mass is 280 g/mol. The van der Waals surface area contributed by atoms with Crippen LogP contribution in [0.15, 0.2) is 42.5 Å². The van der Waals surface area contributed by atoms with Crippen LogP contribution in [0, 0.1) is 6.92 Å². The van der Waals surface area contributed by atoms with Crippen molar-refractivity contribution < 1.29 is 23.1 Å². The Labute approximate surface area is 113 Å². The zero-order valence-corrected chi connectivity index (χ0v) is 10.5. The number of aliphatic hydroxyl groups excluding tert-OH is 1. The molecule has 0 saturated carbocycles. The van der Waals surface area contributed by atoms with Gasteiger partial charge < -0.3 is 5.11 Å². The van der Waals surface area contributed by atoms with Gasteiger partial charge in [-0.05, 0) is 35.4 Å². The maximum absolute atomic E-state index is 12.2. The number of hydrogen-bond acceptors (Lipinski definition) is 2. The third-order valence-corrected chi connectivity index (χ3v) is 2.91. The van der Waals surface area contributed by atoms with E-state index in [-0.39, 0.29) is 11.6 Å². The van der Waals surface area contributed by atoms with Gasteiger partial charge in [-0.2, -0.15) is 13.2 Å². The molecule has 104 valence electrons. The van der Waals surface area contributed by atoms with Crippen LogP contribution in [0.3, 0.4) is 0 Å². The van der Waals surface area contributed by atoms with Gasteiger partial charge in [0.2, 0.25) is 0 Å². The first-order valence-corrected chi connectivity index (χ1v) is 5.80. The molecule has 0 aliphatic rings. The minimum Gasteiger partial charge on any atom is -0.507 e. The predicted molar refractivity (Wildman–Crippen MR) is 70.4 cm³/mol. The van der Waals surface area contributed by atoms with E-state index in [0.29, 0.717) is 0 Å². The Morgan fingerprint density at radius 1 is 1.20 bits per heavy atom. The van der Waals surface area contributed by atoms with Crippen LogP contribution < -0.4 is 0 Å². The van der Waals surface area contributed by atoms with E-state index >= 15 is 0 Å². The Balaban J connectivity index is 2.48. The minimum atomic E-state index is -4.99. The highest BCUT2D eigenvalue weighted by Crippen LogP contribution is 2.25. The number of rotatable bonds is 2. The summed E-state index contributed by atoms with van der Waals surface area (Å²) in [5.41, 5.74) is 0.983. The van der Waals surface area contributed by atoms with Crippen molar-refractivity contribution in [3.05, 3.63) is 53.6 Å². The van der Waals surface area contributed by atoms with Crippen molar-refractivity contribution in [3.63, 3.8) is 0 Å². The van der Waals surface area contributed by atoms with Crippen LogP contribution in [-0.2, 0) is 4.79 Å². The summed E-state index contributed by atoms with van der Waals surface area (Å²) in [6, 6.07) is 10.4. The molecule has 0 aromatic heterocycles. The van der Waals surface area contributed by atoms with E-state index in [0.717, 1.165) is 16.3 Å². The van der Waals surface area contributed by atoms with Gasteiger partial charge >= 0.3 is 6.18 Å². The second kappa shape index (κ2) is 5.00. The van der Waals surface area contributed by atoms with Gasteiger partial charge in [0.25, 0.3) is 5.78 Å². The molecule has 0 amide bonds. The van der Waals surface area contributed by atoms with E-state index < -0.39 is 17.7 Å². The second-order valence-electron chi connectivity index (χ2n) is 4.41. The van der Waals surface area contributed by atoms with Crippen molar-refractivity contribution in [2.75, 3.05) is 0 Å². The number of benzene rings is 2.